The first-order valence-electron chi connectivity index (χ1n) is 19.5. The zero-order chi connectivity index (χ0) is 38.5. The number of halogens is 1. The van der Waals surface area contributed by atoms with E-state index in [0.717, 1.165) is 68.6 Å². The summed E-state index contributed by atoms with van der Waals surface area (Å²) in [6.45, 7) is 9.44. The van der Waals surface area contributed by atoms with E-state index in [4.69, 9.17) is 25.8 Å². The number of allylic oxidation sites excluding steroid dienone is 1. The zero-order valence-electron chi connectivity index (χ0n) is 32.2. The highest BCUT2D eigenvalue weighted by Gasteiger charge is 2.49. The molecule has 13 heteroatoms. The molecule has 5 atom stereocenters. The van der Waals surface area contributed by atoms with Crippen molar-refractivity contribution in [2.75, 3.05) is 71.5 Å². The minimum Gasteiger partial charge on any atom is -0.487 e. The van der Waals surface area contributed by atoms with Gasteiger partial charge in [0, 0.05) is 57.4 Å². The van der Waals surface area contributed by atoms with Crippen LogP contribution in [0.2, 0.25) is 5.02 Å². The summed E-state index contributed by atoms with van der Waals surface area (Å²) in [5.74, 6) is -0.161. The number of hydrogen-bond acceptors (Lipinski definition) is 9. The zero-order valence-corrected chi connectivity index (χ0v) is 33.8. The lowest BCUT2D eigenvalue weighted by Gasteiger charge is -2.50. The number of rotatable bonds is 6. The molecular formula is C41H57ClN4O7S. The van der Waals surface area contributed by atoms with Crippen LogP contribution in [-0.2, 0) is 37.3 Å². The number of anilines is 1. The minimum absolute atomic E-state index is 0.0175. The van der Waals surface area contributed by atoms with Crippen LogP contribution in [0.3, 0.4) is 0 Å². The third kappa shape index (κ3) is 9.61. The van der Waals surface area contributed by atoms with E-state index in [-0.39, 0.29) is 35.6 Å². The van der Waals surface area contributed by atoms with Crippen molar-refractivity contribution >= 4 is 39.1 Å². The number of nitrogens with zero attached hydrogens (tertiary/aromatic N) is 3. The third-order valence-electron chi connectivity index (χ3n) is 12.0. The predicted octanol–water partition coefficient (Wildman–Crippen LogP) is 5.70. The Hall–Kier alpha value is -3.16. The first kappa shape index (κ1) is 40.5. The summed E-state index contributed by atoms with van der Waals surface area (Å²) in [5, 5.41) is -0.165. The van der Waals surface area contributed by atoms with Crippen molar-refractivity contribution in [1.29, 1.82) is 0 Å². The number of aryl methyl sites for hydroxylation is 1. The maximum absolute atomic E-state index is 13.7. The Labute approximate surface area is 326 Å². The maximum Gasteiger partial charge on any atom is 0.264 e. The standard InChI is InChI=1S/C41H57ClN4O7S/c1-29-8-7-16-41(26-39(47)44(3)4,53-23-20-45-18-21-51-22-19-45)36-14-11-33(36)27-46-17-6-5-9-31-24-35(42)13-10-34(31)28-52-38-15-12-32(25-37(38)46)40(48)43-54(49,50)30(29)2/h7,10,12-13,15-16,24-25,29-30,33,36H,5-6,8-9,11,14,17-23,26-28H2,1-4H3,(H,43,48)/b16-7+/t29-,30+,33-,36+,41+/m0/s1. The number of benzene rings is 2. The van der Waals surface area contributed by atoms with Crippen LogP contribution in [0, 0.1) is 17.8 Å². The molecule has 2 aromatic carbocycles. The molecule has 6 rings (SSSR count). The lowest BCUT2D eigenvalue weighted by atomic mass is 9.63. The number of sulfonamides is 1. The monoisotopic (exact) mass is 784 g/mol. The molecule has 0 radical (unpaired) electrons. The van der Waals surface area contributed by atoms with Gasteiger partial charge in [0.15, 0.2) is 0 Å². The molecule has 3 aliphatic heterocycles. The molecule has 2 fully saturated rings. The molecule has 1 saturated heterocycles. The van der Waals surface area contributed by atoms with E-state index in [0.29, 0.717) is 56.7 Å². The van der Waals surface area contributed by atoms with E-state index >= 15 is 0 Å². The van der Waals surface area contributed by atoms with Gasteiger partial charge < -0.3 is 24.0 Å². The van der Waals surface area contributed by atoms with Crippen molar-refractivity contribution in [3.8, 4) is 5.75 Å². The number of hydrogen-bond donors (Lipinski definition) is 1. The number of carbonyl (C=O) groups excluding carboxylic acids is 2. The van der Waals surface area contributed by atoms with Crippen molar-refractivity contribution in [3.63, 3.8) is 0 Å². The first-order chi connectivity index (χ1) is 25.8. The van der Waals surface area contributed by atoms with Crippen LogP contribution >= 0.6 is 11.6 Å². The van der Waals surface area contributed by atoms with Crippen LogP contribution in [-0.4, -0.2) is 108 Å². The summed E-state index contributed by atoms with van der Waals surface area (Å²) >= 11 is 6.40. The highest BCUT2D eigenvalue weighted by molar-refractivity contribution is 7.90. The molecule has 0 spiro atoms. The fourth-order valence-electron chi connectivity index (χ4n) is 8.16. The second-order valence-corrected chi connectivity index (χ2v) is 18.2. The van der Waals surface area contributed by atoms with Crippen LogP contribution in [0.5, 0.6) is 5.75 Å². The molecule has 1 saturated carbocycles. The Morgan fingerprint density at radius 2 is 1.85 bits per heavy atom. The number of nitrogens with one attached hydrogen (secondary N) is 1. The quantitative estimate of drug-likeness (QED) is 0.369. The maximum atomic E-state index is 13.7. The number of morpholine rings is 1. The summed E-state index contributed by atoms with van der Waals surface area (Å²) in [7, 11) is -0.473. The van der Waals surface area contributed by atoms with E-state index in [2.05, 4.69) is 20.6 Å². The summed E-state index contributed by atoms with van der Waals surface area (Å²) in [4.78, 5) is 33.6. The van der Waals surface area contributed by atoms with Gasteiger partial charge in [-0.25, -0.2) is 13.1 Å². The molecule has 54 heavy (non-hydrogen) atoms. The molecule has 4 aliphatic rings. The van der Waals surface area contributed by atoms with Gasteiger partial charge in [-0.3, -0.25) is 14.5 Å². The lowest BCUT2D eigenvalue weighted by Crippen LogP contribution is -2.54. The molecule has 0 unspecified atom stereocenters. The highest BCUT2D eigenvalue weighted by atomic mass is 35.5. The minimum atomic E-state index is -4.03. The van der Waals surface area contributed by atoms with Gasteiger partial charge in [0.1, 0.15) is 12.4 Å². The topological polar surface area (TPSA) is 118 Å². The Morgan fingerprint density at radius 3 is 2.59 bits per heavy atom. The Morgan fingerprint density at radius 1 is 1.06 bits per heavy atom. The molecule has 2 aromatic rings. The van der Waals surface area contributed by atoms with Crippen LogP contribution in [0.4, 0.5) is 5.69 Å². The summed E-state index contributed by atoms with van der Waals surface area (Å²) in [5.41, 5.74) is 2.32. The van der Waals surface area contributed by atoms with Gasteiger partial charge in [-0.15, -0.1) is 0 Å². The van der Waals surface area contributed by atoms with Crippen molar-refractivity contribution in [1.82, 2.24) is 14.5 Å². The second-order valence-electron chi connectivity index (χ2n) is 15.8. The molecule has 11 nitrogen and oxygen atoms in total. The van der Waals surface area contributed by atoms with Gasteiger partial charge in [0.2, 0.25) is 15.9 Å². The van der Waals surface area contributed by atoms with Crippen LogP contribution in [0.25, 0.3) is 0 Å². The van der Waals surface area contributed by atoms with Crippen LogP contribution in [0.15, 0.2) is 48.6 Å². The van der Waals surface area contributed by atoms with E-state index < -0.39 is 26.8 Å². The summed E-state index contributed by atoms with van der Waals surface area (Å²) < 4.78 is 48.7. The summed E-state index contributed by atoms with van der Waals surface area (Å²) in [6, 6.07) is 11.1. The first-order valence-corrected chi connectivity index (χ1v) is 21.4. The van der Waals surface area contributed by atoms with Crippen LogP contribution < -0.4 is 14.4 Å². The second kappa shape index (κ2) is 17.7. The van der Waals surface area contributed by atoms with Crippen molar-refractivity contribution in [3.05, 3.63) is 70.3 Å². The molecule has 2 bridgehead atoms. The molecular weight excluding hydrogens is 728 g/mol. The van der Waals surface area contributed by atoms with E-state index in [1.807, 2.05) is 31.2 Å². The smallest absolute Gasteiger partial charge is 0.264 e. The Bertz CT molecular complexity index is 1780. The average molecular weight is 785 g/mol. The predicted molar refractivity (Wildman–Crippen MR) is 212 cm³/mol. The van der Waals surface area contributed by atoms with Crippen molar-refractivity contribution in [2.45, 2.75) is 76.3 Å². The third-order valence-corrected chi connectivity index (χ3v) is 14.1. The SMILES string of the molecule is C[C@@H]1[C@@H](C)C/C=C/[C@](CC(=O)N(C)C)(OCCN2CCOCC2)[C@@H]2CC[C@H]2CN2CCCCc3cc(Cl)ccc3COc3ccc(cc32)C(=O)NS1(=O)=O. The molecule has 2 amide bonds. The van der Waals surface area contributed by atoms with Gasteiger partial charge in [0.25, 0.3) is 5.91 Å². The Balaban J connectivity index is 1.40. The number of ether oxygens (including phenoxy) is 3. The molecule has 296 valence electrons. The number of fused-ring (bicyclic) bond motifs is 3. The molecule has 3 heterocycles. The number of carbonyl (C=O) groups is 2. The molecule has 1 aliphatic carbocycles. The highest BCUT2D eigenvalue weighted by Crippen LogP contribution is 2.48. The van der Waals surface area contributed by atoms with Crippen molar-refractivity contribution in [2.24, 2.45) is 17.8 Å². The van der Waals surface area contributed by atoms with E-state index in [1.165, 1.54) is 0 Å². The lowest BCUT2D eigenvalue weighted by molar-refractivity contribution is -0.145. The normalized spacial score (nSPS) is 28.5. The fraction of sp³-hybridized carbons (Fsp3) is 0.610. The summed E-state index contributed by atoms with van der Waals surface area (Å²) in [6.07, 6.45) is 9.21. The van der Waals surface area contributed by atoms with Gasteiger partial charge in [-0.1, -0.05) is 36.7 Å². The van der Waals surface area contributed by atoms with Crippen LogP contribution in [0.1, 0.15) is 73.9 Å². The van der Waals surface area contributed by atoms with Crippen molar-refractivity contribution < 1.29 is 32.2 Å². The molecule has 1 N–H and O–H groups in total. The van der Waals surface area contributed by atoms with E-state index in [1.54, 1.807) is 44.1 Å². The van der Waals surface area contributed by atoms with Gasteiger partial charge in [0.05, 0.1) is 42.8 Å². The van der Waals surface area contributed by atoms with Gasteiger partial charge in [-0.05, 0) is 105 Å². The molecule has 0 aromatic heterocycles. The van der Waals surface area contributed by atoms with Gasteiger partial charge >= 0.3 is 0 Å². The van der Waals surface area contributed by atoms with Gasteiger partial charge in [-0.2, -0.15) is 0 Å². The Kier molecular flexibility index (Phi) is 13.3. The van der Waals surface area contributed by atoms with E-state index in [9.17, 15) is 18.0 Å². The fourth-order valence-corrected chi connectivity index (χ4v) is 9.64. The largest absolute Gasteiger partial charge is 0.487 e. The number of amides is 2. The average Bonchev–Trinajstić information content (AvgIpc) is 3.16.